The highest BCUT2D eigenvalue weighted by atomic mass is 32.1. The van der Waals surface area contributed by atoms with Gasteiger partial charge in [-0.15, -0.1) is 11.3 Å². The highest BCUT2D eigenvalue weighted by Gasteiger charge is 2.32. The number of hydrogen-bond acceptors (Lipinski definition) is 7. The molecule has 0 amide bonds. The minimum atomic E-state index is -0.0172. The maximum absolute atomic E-state index is 13.2. The van der Waals surface area contributed by atoms with Crippen LogP contribution in [0.4, 0.5) is 0 Å². The SMILES string of the molecule is COc1ccc2sc(C(=O)C3CCC(NC(C4=CC=CCC4)C4=COC=CO4)CC3)nc2c1. The number of allylic oxidation sites excluding steroid dienone is 3. The van der Waals surface area contributed by atoms with E-state index in [0.29, 0.717) is 11.0 Å². The molecule has 33 heavy (non-hydrogen) atoms. The van der Waals surface area contributed by atoms with Gasteiger partial charge in [-0.25, -0.2) is 4.98 Å². The predicted octanol–water partition coefficient (Wildman–Crippen LogP) is 5.64. The van der Waals surface area contributed by atoms with E-state index in [-0.39, 0.29) is 17.7 Å². The zero-order valence-electron chi connectivity index (χ0n) is 18.7. The third kappa shape index (κ3) is 4.89. The Labute approximate surface area is 197 Å². The van der Waals surface area contributed by atoms with Gasteiger partial charge in [0.25, 0.3) is 0 Å². The lowest BCUT2D eigenvalue weighted by atomic mass is 9.83. The minimum absolute atomic E-state index is 0.0172. The summed E-state index contributed by atoms with van der Waals surface area (Å²) in [5, 5.41) is 4.39. The average Bonchev–Trinajstić information content (AvgIpc) is 3.31. The molecular formula is C26H28N2O4S. The molecule has 3 aliphatic rings. The van der Waals surface area contributed by atoms with Gasteiger partial charge in [0.1, 0.15) is 24.5 Å². The number of nitrogens with one attached hydrogen (secondary N) is 1. The fourth-order valence-corrected chi connectivity index (χ4v) is 5.68. The molecule has 5 rings (SSSR count). The van der Waals surface area contributed by atoms with E-state index in [2.05, 4.69) is 28.5 Å². The van der Waals surface area contributed by atoms with Crippen molar-refractivity contribution in [2.24, 2.45) is 5.92 Å². The Morgan fingerprint density at radius 3 is 2.85 bits per heavy atom. The number of ketones is 1. The van der Waals surface area contributed by atoms with Crippen molar-refractivity contribution in [1.82, 2.24) is 10.3 Å². The van der Waals surface area contributed by atoms with Crippen molar-refractivity contribution in [2.45, 2.75) is 50.6 Å². The molecule has 172 valence electrons. The number of hydrogen-bond donors (Lipinski definition) is 1. The molecule has 2 aromatic rings. The van der Waals surface area contributed by atoms with E-state index in [1.54, 1.807) is 19.6 Å². The molecular weight excluding hydrogens is 436 g/mol. The number of ether oxygens (including phenoxy) is 3. The van der Waals surface area contributed by atoms with Crippen molar-refractivity contribution in [3.63, 3.8) is 0 Å². The zero-order chi connectivity index (χ0) is 22.6. The minimum Gasteiger partial charge on any atom is -0.497 e. The number of thiazole rings is 1. The average molecular weight is 465 g/mol. The van der Waals surface area contributed by atoms with Crippen LogP contribution in [-0.2, 0) is 9.47 Å². The van der Waals surface area contributed by atoms with Gasteiger partial charge in [0.2, 0.25) is 0 Å². The number of benzene rings is 1. The first-order valence-electron chi connectivity index (χ1n) is 11.5. The van der Waals surface area contributed by atoms with Gasteiger partial charge in [0, 0.05) is 18.0 Å². The lowest BCUT2D eigenvalue weighted by Gasteiger charge is -2.33. The molecule has 1 aromatic carbocycles. The van der Waals surface area contributed by atoms with Gasteiger partial charge in [0.15, 0.2) is 16.6 Å². The number of carbonyl (C=O) groups excluding carboxylic acids is 1. The van der Waals surface area contributed by atoms with Crippen LogP contribution in [-0.4, -0.2) is 30.0 Å². The molecule has 1 N–H and O–H groups in total. The van der Waals surface area contributed by atoms with E-state index in [1.807, 2.05) is 18.2 Å². The summed E-state index contributed by atoms with van der Waals surface area (Å²) >= 11 is 1.48. The standard InChI is InChI=1S/C26H28N2O4S/c1-30-20-11-12-23-21(15-20)28-26(33-23)25(29)18-7-9-19(10-8-18)27-24(17-5-3-2-4-6-17)22-16-31-13-14-32-22/h2-3,5,11-16,18-19,24,27H,4,6-10H2,1H3. The molecule has 2 heterocycles. The van der Waals surface area contributed by atoms with Crippen molar-refractivity contribution in [3.05, 3.63) is 71.6 Å². The normalized spacial score (nSPS) is 23.3. The summed E-state index contributed by atoms with van der Waals surface area (Å²) in [6.07, 6.45) is 16.9. The van der Waals surface area contributed by atoms with Crippen LogP contribution in [0, 0.1) is 5.92 Å². The van der Waals surface area contributed by atoms with Crippen molar-refractivity contribution < 1.29 is 19.0 Å². The monoisotopic (exact) mass is 464 g/mol. The number of fused-ring (bicyclic) bond motifs is 1. The summed E-state index contributed by atoms with van der Waals surface area (Å²) in [5.41, 5.74) is 2.12. The van der Waals surface area contributed by atoms with Gasteiger partial charge in [0.05, 0.1) is 23.4 Å². The van der Waals surface area contributed by atoms with E-state index in [1.165, 1.54) is 23.2 Å². The molecule has 1 fully saturated rings. The van der Waals surface area contributed by atoms with Crippen molar-refractivity contribution in [1.29, 1.82) is 0 Å². The molecule has 1 aliphatic heterocycles. The summed E-state index contributed by atoms with van der Waals surface area (Å²) in [7, 11) is 1.64. The second-order valence-corrected chi connectivity index (χ2v) is 9.65. The lowest BCUT2D eigenvalue weighted by Crippen LogP contribution is -2.44. The molecule has 1 saturated carbocycles. The molecule has 1 unspecified atom stereocenters. The van der Waals surface area contributed by atoms with Crippen LogP contribution in [0.3, 0.4) is 0 Å². The Morgan fingerprint density at radius 2 is 2.12 bits per heavy atom. The van der Waals surface area contributed by atoms with Gasteiger partial charge < -0.3 is 19.5 Å². The van der Waals surface area contributed by atoms with Gasteiger partial charge in [-0.05, 0) is 56.2 Å². The Morgan fingerprint density at radius 1 is 1.24 bits per heavy atom. The molecule has 7 heteroatoms. The van der Waals surface area contributed by atoms with E-state index in [0.717, 1.165) is 60.3 Å². The van der Waals surface area contributed by atoms with Gasteiger partial charge >= 0.3 is 0 Å². The Kier molecular flexibility index (Phi) is 6.60. The largest absolute Gasteiger partial charge is 0.497 e. The topological polar surface area (TPSA) is 69.7 Å². The summed E-state index contributed by atoms with van der Waals surface area (Å²) < 4.78 is 17.4. The molecule has 0 spiro atoms. The fourth-order valence-electron chi connectivity index (χ4n) is 4.71. The molecule has 6 nitrogen and oxygen atoms in total. The summed E-state index contributed by atoms with van der Waals surface area (Å²) in [6, 6.07) is 6.07. The van der Waals surface area contributed by atoms with Crippen LogP contribution in [0.2, 0.25) is 0 Å². The first-order valence-corrected chi connectivity index (χ1v) is 12.3. The molecule has 0 bridgehead atoms. The quantitative estimate of drug-likeness (QED) is 0.535. The zero-order valence-corrected chi connectivity index (χ0v) is 19.5. The summed E-state index contributed by atoms with van der Waals surface area (Å²) in [6.45, 7) is 0. The Hall–Kier alpha value is -2.90. The van der Waals surface area contributed by atoms with Crippen LogP contribution in [0.1, 0.15) is 48.3 Å². The smallest absolute Gasteiger partial charge is 0.194 e. The second-order valence-electron chi connectivity index (χ2n) is 8.62. The number of methoxy groups -OCH3 is 1. The molecule has 2 aliphatic carbocycles. The molecule has 1 aromatic heterocycles. The maximum atomic E-state index is 13.2. The van der Waals surface area contributed by atoms with Crippen molar-refractivity contribution in [2.75, 3.05) is 7.11 Å². The van der Waals surface area contributed by atoms with Crippen LogP contribution in [0.25, 0.3) is 10.2 Å². The third-order valence-electron chi connectivity index (χ3n) is 6.53. The Balaban J connectivity index is 1.23. The highest BCUT2D eigenvalue weighted by molar-refractivity contribution is 7.20. The van der Waals surface area contributed by atoms with E-state index < -0.39 is 0 Å². The lowest BCUT2D eigenvalue weighted by molar-refractivity contribution is 0.0877. The van der Waals surface area contributed by atoms with Gasteiger partial charge in [-0.2, -0.15) is 0 Å². The molecule has 0 radical (unpaired) electrons. The number of aromatic nitrogens is 1. The summed E-state index contributed by atoms with van der Waals surface area (Å²) in [4.78, 5) is 17.8. The van der Waals surface area contributed by atoms with Crippen LogP contribution in [0.15, 0.2) is 66.5 Å². The first-order chi connectivity index (χ1) is 16.2. The second kappa shape index (κ2) is 9.93. The molecule has 1 atom stereocenters. The van der Waals surface area contributed by atoms with Crippen molar-refractivity contribution >= 4 is 27.3 Å². The maximum Gasteiger partial charge on any atom is 0.194 e. The van der Waals surface area contributed by atoms with Crippen LogP contribution < -0.4 is 10.1 Å². The number of Topliss-reactive ketones (excluding diaryl/α,β-unsaturated/α-hetero) is 1. The van der Waals surface area contributed by atoms with E-state index >= 15 is 0 Å². The number of nitrogens with zero attached hydrogens (tertiary/aromatic N) is 1. The van der Waals surface area contributed by atoms with Gasteiger partial charge in [-0.1, -0.05) is 18.2 Å². The van der Waals surface area contributed by atoms with E-state index in [9.17, 15) is 4.79 Å². The Bertz CT molecular complexity index is 1140. The molecule has 0 saturated heterocycles. The first kappa shape index (κ1) is 21.9. The van der Waals surface area contributed by atoms with Crippen LogP contribution >= 0.6 is 11.3 Å². The third-order valence-corrected chi connectivity index (χ3v) is 7.58. The predicted molar refractivity (Wildman–Crippen MR) is 129 cm³/mol. The van der Waals surface area contributed by atoms with Gasteiger partial charge in [-0.3, -0.25) is 4.79 Å². The summed E-state index contributed by atoms with van der Waals surface area (Å²) in [5.74, 6) is 1.73. The van der Waals surface area contributed by atoms with Crippen molar-refractivity contribution in [3.8, 4) is 5.75 Å². The van der Waals surface area contributed by atoms with Crippen LogP contribution in [0.5, 0.6) is 5.75 Å². The number of carbonyl (C=O) groups is 1. The highest BCUT2D eigenvalue weighted by Crippen LogP contribution is 2.33. The van der Waals surface area contributed by atoms with E-state index in [4.69, 9.17) is 14.2 Å². The fraction of sp³-hybridized carbons (Fsp3) is 0.385. The number of rotatable bonds is 7.